The average molecular weight is 311 g/mol. The largest absolute Gasteiger partial charge is 0.375 e. The lowest BCUT2D eigenvalue weighted by molar-refractivity contribution is 0.222. The van der Waals surface area contributed by atoms with Crippen LogP contribution in [0.2, 0.25) is 0 Å². The Balaban J connectivity index is 1.52. The molecule has 3 nitrogen and oxygen atoms in total. The Hall–Kier alpha value is -1.65. The number of nitrogen functional groups attached to an aromatic ring is 1. The number of aromatic nitrogens is 1. The van der Waals surface area contributed by atoms with Gasteiger partial charge in [0.05, 0.1) is 5.69 Å². The van der Waals surface area contributed by atoms with Crippen LogP contribution in [0.15, 0.2) is 36.4 Å². The number of hydrogen-bond donors (Lipinski definition) is 1. The molecular weight excluding hydrogens is 290 g/mol. The molecule has 1 aliphatic heterocycles. The van der Waals surface area contributed by atoms with E-state index < -0.39 is 0 Å². The molecule has 1 atom stereocenters. The second-order valence-electron chi connectivity index (χ2n) is 6.10. The zero-order chi connectivity index (χ0) is 14.9. The maximum atomic E-state index is 5.92. The number of nitrogens with zero attached hydrogens (tertiary/aromatic N) is 2. The highest BCUT2D eigenvalue weighted by Gasteiger charge is 2.32. The van der Waals surface area contributed by atoms with E-state index >= 15 is 0 Å². The van der Waals surface area contributed by atoms with E-state index in [1.54, 1.807) is 11.3 Å². The summed E-state index contributed by atoms with van der Waals surface area (Å²) in [5.74, 6) is 0. The molecule has 114 valence electrons. The van der Waals surface area contributed by atoms with Crippen molar-refractivity contribution in [2.24, 2.45) is 0 Å². The van der Waals surface area contributed by atoms with Gasteiger partial charge in [0.15, 0.2) is 5.13 Å². The first kappa shape index (κ1) is 14.0. The number of fused-ring (bicyclic) bond motifs is 3. The Kier molecular flexibility index (Phi) is 3.72. The van der Waals surface area contributed by atoms with Gasteiger partial charge in [0.2, 0.25) is 0 Å². The molecule has 0 spiro atoms. The van der Waals surface area contributed by atoms with Crippen LogP contribution in [0.25, 0.3) is 5.57 Å². The smallest absolute Gasteiger partial charge is 0.180 e. The molecule has 0 saturated carbocycles. The first-order valence-corrected chi connectivity index (χ1v) is 8.86. The van der Waals surface area contributed by atoms with E-state index in [0.717, 1.165) is 32.4 Å². The molecule has 0 amide bonds. The van der Waals surface area contributed by atoms with Crippen molar-refractivity contribution in [3.05, 3.63) is 52.5 Å². The molecule has 1 unspecified atom stereocenters. The summed E-state index contributed by atoms with van der Waals surface area (Å²) >= 11 is 1.66. The lowest BCUT2D eigenvalue weighted by atomic mass is 9.87. The van der Waals surface area contributed by atoms with Crippen molar-refractivity contribution in [2.75, 3.05) is 18.8 Å². The molecule has 22 heavy (non-hydrogen) atoms. The Morgan fingerprint density at radius 2 is 2.14 bits per heavy atom. The highest BCUT2D eigenvalue weighted by Crippen LogP contribution is 2.39. The van der Waals surface area contributed by atoms with Gasteiger partial charge in [-0.2, -0.15) is 0 Å². The summed E-state index contributed by atoms with van der Waals surface area (Å²) in [5.41, 5.74) is 9.95. The van der Waals surface area contributed by atoms with Crippen LogP contribution in [-0.4, -0.2) is 29.0 Å². The van der Waals surface area contributed by atoms with Crippen molar-refractivity contribution >= 4 is 22.0 Å². The zero-order valence-electron chi connectivity index (χ0n) is 12.7. The average Bonchev–Trinajstić information content (AvgIpc) is 2.94. The number of anilines is 1. The van der Waals surface area contributed by atoms with E-state index in [1.807, 2.05) is 0 Å². The summed E-state index contributed by atoms with van der Waals surface area (Å²) < 4.78 is 0. The Bertz CT molecular complexity index is 690. The number of hydrogen-bond acceptors (Lipinski definition) is 4. The van der Waals surface area contributed by atoms with Crippen molar-refractivity contribution in [1.82, 2.24) is 9.88 Å². The monoisotopic (exact) mass is 311 g/mol. The predicted molar refractivity (Wildman–Crippen MR) is 92.9 cm³/mol. The van der Waals surface area contributed by atoms with Gasteiger partial charge in [-0.05, 0) is 36.8 Å². The van der Waals surface area contributed by atoms with Gasteiger partial charge in [-0.25, -0.2) is 4.98 Å². The summed E-state index contributed by atoms with van der Waals surface area (Å²) in [6.07, 6.45) is 6.96. The van der Waals surface area contributed by atoms with Gasteiger partial charge in [0, 0.05) is 24.0 Å². The first-order valence-electron chi connectivity index (χ1n) is 8.05. The Morgan fingerprint density at radius 1 is 1.27 bits per heavy atom. The molecule has 0 fully saturated rings. The number of rotatable bonds is 3. The van der Waals surface area contributed by atoms with Crippen LogP contribution in [0, 0.1) is 0 Å². The second-order valence-corrected chi connectivity index (χ2v) is 7.21. The summed E-state index contributed by atoms with van der Waals surface area (Å²) in [7, 11) is 0. The normalized spacial score (nSPS) is 21.1. The van der Waals surface area contributed by atoms with Gasteiger partial charge < -0.3 is 5.73 Å². The van der Waals surface area contributed by atoms with E-state index in [9.17, 15) is 0 Å². The number of aryl methyl sites for hydroxylation is 1. The van der Waals surface area contributed by atoms with Gasteiger partial charge in [-0.3, -0.25) is 4.90 Å². The maximum absolute atomic E-state index is 5.92. The number of benzene rings is 1. The standard InChI is InChI=1S/C18H21N3S/c19-18-20-17-14-7-4-11-21(15(14)8-9-16(17)22-18)12-10-13-5-2-1-3-6-13/h1-3,5-7,15H,4,8-12H2,(H2,19,20). The van der Waals surface area contributed by atoms with Crippen LogP contribution in [-0.2, 0) is 12.8 Å². The summed E-state index contributed by atoms with van der Waals surface area (Å²) in [6, 6.07) is 11.3. The molecule has 2 aromatic rings. The maximum Gasteiger partial charge on any atom is 0.180 e. The van der Waals surface area contributed by atoms with Crippen LogP contribution in [0.4, 0.5) is 5.13 Å². The van der Waals surface area contributed by atoms with Crippen LogP contribution in [0.5, 0.6) is 0 Å². The fourth-order valence-electron chi connectivity index (χ4n) is 3.68. The molecule has 2 aliphatic rings. The van der Waals surface area contributed by atoms with Crippen LogP contribution >= 0.6 is 11.3 Å². The van der Waals surface area contributed by atoms with Gasteiger partial charge in [-0.15, -0.1) is 11.3 Å². The molecule has 1 aromatic heterocycles. The minimum atomic E-state index is 0.534. The van der Waals surface area contributed by atoms with Crippen molar-refractivity contribution < 1.29 is 0 Å². The first-order chi connectivity index (χ1) is 10.8. The Labute approximate surface area is 135 Å². The van der Waals surface area contributed by atoms with Gasteiger partial charge in [-0.1, -0.05) is 36.4 Å². The Morgan fingerprint density at radius 3 is 3.00 bits per heavy atom. The number of thiazole rings is 1. The molecule has 1 aliphatic carbocycles. The SMILES string of the molecule is Nc1nc2c(s1)CCC1C2=CCCN1CCc1ccccc1. The van der Waals surface area contributed by atoms with Crippen molar-refractivity contribution in [3.63, 3.8) is 0 Å². The van der Waals surface area contributed by atoms with E-state index in [2.05, 4.69) is 46.3 Å². The minimum absolute atomic E-state index is 0.534. The molecule has 0 bridgehead atoms. The van der Waals surface area contributed by atoms with Gasteiger partial charge in [0.1, 0.15) is 0 Å². The lowest BCUT2D eigenvalue weighted by Crippen LogP contribution is -2.42. The topological polar surface area (TPSA) is 42.1 Å². The van der Waals surface area contributed by atoms with E-state index in [-0.39, 0.29) is 0 Å². The highest BCUT2D eigenvalue weighted by molar-refractivity contribution is 7.15. The summed E-state index contributed by atoms with van der Waals surface area (Å²) in [4.78, 5) is 8.61. The van der Waals surface area contributed by atoms with Crippen molar-refractivity contribution in [3.8, 4) is 0 Å². The fraction of sp³-hybridized carbons (Fsp3) is 0.389. The van der Waals surface area contributed by atoms with E-state index in [0.29, 0.717) is 11.2 Å². The van der Waals surface area contributed by atoms with Crippen molar-refractivity contribution in [1.29, 1.82) is 0 Å². The third kappa shape index (κ3) is 2.57. The second kappa shape index (κ2) is 5.86. The lowest BCUT2D eigenvalue weighted by Gasteiger charge is -2.38. The minimum Gasteiger partial charge on any atom is -0.375 e. The quantitative estimate of drug-likeness (QED) is 0.945. The summed E-state index contributed by atoms with van der Waals surface area (Å²) in [6.45, 7) is 2.29. The van der Waals surface area contributed by atoms with Crippen LogP contribution < -0.4 is 5.73 Å². The molecule has 4 heteroatoms. The number of nitrogens with two attached hydrogens (primary N) is 1. The van der Waals surface area contributed by atoms with Gasteiger partial charge >= 0.3 is 0 Å². The predicted octanol–water partition coefficient (Wildman–Crippen LogP) is 3.37. The molecule has 0 radical (unpaired) electrons. The molecule has 4 rings (SSSR count). The highest BCUT2D eigenvalue weighted by atomic mass is 32.1. The molecule has 1 aromatic carbocycles. The van der Waals surface area contributed by atoms with E-state index in [4.69, 9.17) is 5.73 Å². The molecule has 0 saturated heterocycles. The van der Waals surface area contributed by atoms with Crippen LogP contribution in [0.3, 0.4) is 0 Å². The molecular formula is C18H21N3S. The molecule has 2 N–H and O–H groups in total. The summed E-state index contributed by atoms with van der Waals surface area (Å²) in [5, 5.41) is 0.716. The molecule has 2 heterocycles. The third-order valence-electron chi connectivity index (χ3n) is 4.74. The van der Waals surface area contributed by atoms with E-state index in [1.165, 1.54) is 28.1 Å². The zero-order valence-corrected chi connectivity index (χ0v) is 13.5. The van der Waals surface area contributed by atoms with Crippen LogP contribution in [0.1, 0.15) is 29.0 Å². The van der Waals surface area contributed by atoms with Crippen molar-refractivity contribution in [2.45, 2.75) is 31.7 Å². The fourth-order valence-corrected chi connectivity index (χ4v) is 4.55. The third-order valence-corrected chi connectivity index (χ3v) is 5.69. The van der Waals surface area contributed by atoms with Gasteiger partial charge in [0.25, 0.3) is 0 Å².